The van der Waals surface area contributed by atoms with Gasteiger partial charge >= 0.3 is 0 Å². The zero-order valence-electron chi connectivity index (χ0n) is 13.4. The van der Waals surface area contributed by atoms with Crippen LogP contribution in [0.2, 0.25) is 0 Å². The summed E-state index contributed by atoms with van der Waals surface area (Å²) in [6, 6.07) is 10.4. The lowest BCUT2D eigenvalue weighted by atomic mass is 10.0. The molecule has 0 bridgehead atoms. The van der Waals surface area contributed by atoms with Crippen LogP contribution in [0.5, 0.6) is 5.75 Å². The van der Waals surface area contributed by atoms with E-state index < -0.39 is 0 Å². The number of ether oxygens (including phenoxy) is 1. The number of rotatable bonds is 7. The molecule has 2 aromatic rings. The van der Waals surface area contributed by atoms with Gasteiger partial charge in [-0.15, -0.1) is 0 Å². The van der Waals surface area contributed by atoms with E-state index in [0.717, 1.165) is 36.5 Å². The zero-order chi connectivity index (χ0) is 15.2. The highest BCUT2D eigenvalue weighted by Gasteiger charge is 2.21. The SMILES string of the molecule is CCCNC(c1ccccc1OC)c1cc(C)nn1CC. The van der Waals surface area contributed by atoms with Crippen LogP contribution in [0, 0.1) is 6.92 Å². The predicted octanol–water partition coefficient (Wildman–Crippen LogP) is 3.31. The number of hydrogen-bond donors (Lipinski definition) is 1. The largest absolute Gasteiger partial charge is 0.496 e. The van der Waals surface area contributed by atoms with Gasteiger partial charge in [0.25, 0.3) is 0 Å². The van der Waals surface area contributed by atoms with Gasteiger partial charge in [-0.2, -0.15) is 5.10 Å². The Morgan fingerprint density at radius 3 is 2.71 bits per heavy atom. The van der Waals surface area contributed by atoms with E-state index in [4.69, 9.17) is 4.74 Å². The Morgan fingerprint density at radius 2 is 2.05 bits per heavy atom. The van der Waals surface area contributed by atoms with Gasteiger partial charge in [-0.25, -0.2) is 0 Å². The highest BCUT2D eigenvalue weighted by Crippen LogP contribution is 2.30. The van der Waals surface area contributed by atoms with Crippen molar-refractivity contribution >= 4 is 0 Å². The predicted molar refractivity (Wildman–Crippen MR) is 85.8 cm³/mol. The molecule has 2 rings (SSSR count). The van der Waals surface area contributed by atoms with E-state index in [2.05, 4.69) is 47.1 Å². The van der Waals surface area contributed by atoms with Gasteiger partial charge in [0.1, 0.15) is 5.75 Å². The van der Waals surface area contributed by atoms with E-state index in [9.17, 15) is 0 Å². The highest BCUT2D eigenvalue weighted by atomic mass is 16.5. The Hall–Kier alpha value is -1.81. The van der Waals surface area contributed by atoms with Gasteiger partial charge in [0.15, 0.2) is 0 Å². The number of benzene rings is 1. The van der Waals surface area contributed by atoms with Gasteiger partial charge < -0.3 is 10.1 Å². The first-order valence-corrected chi connectivity index (χ1v) is 7.61. The summed E-state index contributed by atoms with van der Waals surface area (Å²) in [4.78, 5) is 0. The molecule has 4 nitrogen and oxygen atoms in total. The third-order valence-corrected chi connectivity index (χ3v) is 3.58. The molecule has 0 spiro atoms. The lowest BCUT2D eigenvalue weighted by Crippen LogP contribution is -2.26. The molecule has 0 aliphatic heterocycles. The molecule has 0 aliphatic carbocycles. The lowest BCUT2D eigenvalue weighted by molar-refractivity contribution is 0.401. The van der Waals surface area contributed by atoms with Crippen LogP contribution in [0.3, 0.4) is 0 Å². The van der Waals surface area contributed by atoms with E-state index in [1.54, 1.807) is 7.11 Å². The molecule has 1 unspecified atom stereocenters. The summed E-state index contributed by atoms with van der Waals surface area (Å²) in [5, 5.41) is 8.20. The van der Waals surface area contributed by atoms with Crippen LogP contribution in [0.15, 0.2) is 30.3 Å². The second kappa shape index (κ2) is 7.27. The van der Waals surface area contributed by atoms with E-state index in [0.29, 0.717) is 0 Å². The Labute approximate surface area is 127 Å². The monoisotopic (exact) mass is 287 g/mol. The van der Waals surface area contributed by atoms with Gasteiger partial charge in [-0.05, 0) is 38.9 Å². The summed E-state index contributed by atoms with van der Waals surface area (Å²) in [5.74, 6) is 0.910. The smallest absolute Gasteiger partial charge is 0.124 e. The molecule has 1 heterocycles. The second-order valence-corrected chi connectivity index (χ2v) is 5.16. The van der Waals surface area contributed by atoms with Gasteiger partial charge in [-0.1, -0.05) is 25.1 Å². The van der Waals surface area contributed by atoms with Crippen LogP contribution in [-0.4, -0.2) is 23.4 Å². The van der Waals surface area contributed by atoms with Crippen molar-refractivity contribution in [1.29, 1.82) is 0 Å². The van der Waals surface area contributed by atoms with Crippen molar-refractivity contribution in [2.24, 2.45) is 0 Å². The van der Waals surface area contributed by atoms with E-state index in [1.807, 2.05) is 19.1 Å². The van der Waals surface area contributed by atoms with E-state index in [1.165, 1.54) is 5.69 Å². The van der Waals surface area contributed by atoms with Crippen molar-refractivity contribution in [2.75, 3.05) is 13.7 Å². The first-order valence-electron chi connectivity index (χ1n) is 7.61. The minimum atomic E-state index is 0.0993. The average molecular weight is 287 g/mol. The molecule has 0 aliphatic rings. The third kappa shape index (κ3) is 3.45. The standard InChI is InChI=1S/C17H25N3O/c1-5-11-18-17(14-9-7-8-10-16(14)21-4)15-12-13(3)19-20(15)6-2/h7-10,12,17-18H,5-6,11H2,1-4H3. The molecule has 1 aromatic carbocycles. The van der Waals surface area contributed by atoms with Gasteiger partial charge in [-0.3, -0.25) is 4.68 Å². The fraction of sp³-hybridized carbons (Fsp3) is 0.471. The summed E-state index contributed by atoms with van der Waals surface area (Å²) in [6.07, 6.45) is 1.09. The van der Waals surface area contributed by atoms with E-state index in [-0.39, 0.29) is 6.04 Å². The first-order chi connectivity index (χ1) is 10.2. The summed E-state index contributed by atoms with van der Waals surface area (Å²) in [5.41, 5.74) is 3.39. The number of aryl methyl sites for hydroxylation is 2. The maximum absolute atomic E-state index is 5.54. The lowest BCUT2D eigenvalue weighted by Gasteiger charge is -2.22. The molecular formula is C17H25N3O. The van der Waals surface area contributed by atoms with Crippen LogP contribution >= 0.6 is 0 Å². The molecule has 21 heavy (non-hydrogen) atoms. The maximum atomic E-state index is 5.54. The van der Waals surface area contributed by atoms with Crippen molar-refractivity contribution in [3.05, 3.63) is 47.3 Å². The molecule has 1 aromatic heterocycles. The van der Waals surface area contributed by atoms with Crippen LogP contribution in [0.4, 0.5) is 0 Å². The number of methoxy groups -OCH3 is 1. The average Bonchev–Trinajstić information content (AvgIpc) is 2.89. The molecule has 0 saturated carbocycles. The summed E-state index contributed by atoms with van der Waals surface area (Å²) < 4.78 is 7.60. The van der Waals surface area contributed by atoms with Crippen LogP contribution < -0.4 is 10.1 Å². The topological polar surface area (TPSA) is 39.1 Å². The van der Waals surface area contributed by atoms with Crippen LogP contribution in [0.25, 0.3) is 0 Å². The Balaban J connectivity index is 2.47. The molecule has 0 amide bonds. The summed E-state index contributed by atoms with van der Waals surface area (Å²) in [7, 11) is 1.72. The third-order valence-electron chi connectivity index (χ3n) is 3.58. The number of hydrogen-bond acceptors (Lipinski definition) is 3. The Kier molecular flexibility index (Phi) is 5.39. The normalized spacial score (nSPS) is 12.4. The molecule has 114 valence electrons. The fourth-order valence-electron chi connectivity index (χ4n) is 2.62. The first kappa shape index (κ1) is 15.6. The second-order valence-electron chi connectivity index (χ2n) is 5.16. The number of aromatic nitrogens is 2. The minimum absolute atomic E-state index is 0.0993. The quantitative estimate of drug-likeness (QED) is 0.849. The number of nitrogens with one attached hydrogen (secondary N) is 1. The van der Waals surface area contributed by atoms with Gasteiger partial charge in [0.2, 0.25) is 0 Å². The molecule has 1 atom stereocenters. The number of nitrogens with zero attached hydrogens (tertiary/aromatic N) is 2. The van der Waals surface area contributed by atoms with E-state index >= 15 is 0 Å². The molecule has 0 radical (unpaired) electrons. The summed E-state index contributed by atoms with van der Waals surface area (Å²) >= 11 is 0. The molecule has 0 saturated heterocycles. The fourth-order valence-corrected chi connectivity index (χ4v) is 2.62. The Bertz CT molecular complexity index is 577. The van der Waals surface area contributed by atoms with Crippen molar-refractivity contribution in [3.8, 4) is 5.75 Å². The summed E-state index contributed by atoms with van der Waals surface area (Å²) in [6.45, 7) is 8.15. The van der Waals surface area contributed by atoms with Crippen molar-refractivity contribution < 1.29 is 4.74 Å². The number of para-hydroxylation sites is 1. The van der Waals surface area contributed by atoms with Gasteiger partial charge in [0.05, 0.1) is 24.5 Å². The highest BCUT2D eigenvalue weighted by molar-refractivity contribution is 5.40. The van der Waals surface area contributed by atoms with Crippen LogP contribution in [-0.2, 0) is 6.54 Å². The van der Waals surface area contributed by atoms with Crippen molar-refractivity contribution in [1.82, 2.24) is 15.1 Å². The Morgan fingerprint density at radius 1 is 1.29 bits per heavy atom. The van der Waals surface area contributed by atoms with Crippen molar-refractivity contribution in [2.45, 2.75) is 39.8 Å². The molecule has 1 N–H and O–H groups in total. The maximum Gasteiger partial charge on any atom is 0.124 e. The van der Waals surface area contributed by atoms with Crippen LogP contribution in [0.1, 0.15) is 43.3 Å². The minimum Gasteiger partial charge on any atom is -0.496 e. The van der Waals surface area contributed by atoms with Gasteiger partial charge in [0, 0.05) is 12.1 Å². The van der Waals surface area contributed by atoms with Crippen molar-refractivity contribution in [3.63, 3.8) is 0 Å². The molecule has 0 fully saturated rings. The molecular weight excluding hydrogens is 262 g/mol. The molecule has 4 heteroatoms. The zero-order valence-corrected chi connectivity index (χ0v) is 13.4.